The monoisotopic (exact) mass is 317 g/mol. The van der Waals surface area contributed by atoms with E-state index in [1.54, 1.807) is 32.0 Å². The third-order valence-corrected chi connectivity index (χ3v) is 3.60. The van der Waals surface area contributed by atoms with Crippen molar-refractivity contribution in [1.82, 2.24) is 5.32 Å². The molecule has 2 N–H and O–H groups in total. The van der Waals surface area contributed by atoms with Gasteiger partial charge in [0.25, 0.3) is 0 Å². The highest BCUT2D eigenvalue weighted by Gasteiger charge is 2.26. The normalized spacial score (nSPS) is 11.2. The fourth-order valence-electron chi connectivity index (χ4n) is 1.52. The average Bonchev–Trinajstić information content (AvgIpc) is 2.32. The minimum atomic E-state index is -0.882. The Kier molecular flexibility index (Phi) is 5.84. The zero-order valence-corrected chi connectivity index (χ0v) is 12.9. The van der Waals surface area contributed by atoms with E-state index in [0.717, 1.165) is 0 Å². The van der Waals surface area contributed by atoms with Crippen molar-refractivity contribution in [2.75, 3.05) is 6.54 Å². The SMILES string of the molecule is CC(C)(CCNC(=O)Cc1ccc(Cl)cc1Cl)C(=O)O. The first-order valence-electron chi connectivity index (χ1n) is 6.16. The van der Waals surface area contributed by atoms with Crippen molar-refractivity contribution in [2.24, 2.45) is 5.41 Å². The summed E-state index contributed by atoms with van der Waals surface area (Å²) in [7, 11) is 0. The third-order valence-electron chi connectivity index (χ3n) is 3.02. The second kappa shape index (κ2) is 6.95. The summed E-state index contributed by atoms with van der Waals surface area (Å²) in [6.07, 6.45) is 0.506. The molecule has 0 saturated carbocycles. The van der Waals surface area contributed by atoms with Crippen LogP contribution in [0.1, 0.15) is 25.8 Å². The molecular formula is C14H17Cl2NO3. The van der Waals surface area contributed by atoms with E-state index in [0.29, 0.717) is 28.6 Å². The fraction of sp³-hybridized carbons (Fsp3) is 0.429. The predicted molar refractivity (Wildman–Crippen MR) is 79.2 cm³/mol. The Morgan fingerprint density at radius 2 is 1.95 bits per heavy atom. The average molecular weight is 318 g/mol. The lowest BCUT2D eigenvalue weighted by Crippen LogP contribution is -2.32. The van der Waals surface area contributed by atoms with E-state index < -0.39 is 11.4 Å². The van der Waals surface area contributed by atoms with Crippen molar-refractivity contribution >= 4 is 35.1 Å². The number of aliphatic carboxylic acids is 1. The van der Waals surface area contributed by atoms with Gasteiger partial charge >= 0.3 is 5.97 Å². The molecule has 1 aromatic rings. The lowest BCUT2D eigenvalue weighted by Gasteiger charge is -2.18. The van der Waals surface area contributed by atoms with Gasteiger partial charge in [-0.3, -0.25) is 9.59 Å². The maximum absolute atomic E-state index is 11.8. The van der Waals surface area contributed by atoms with Gasteiger partial charge in [-0.15, -0.1) is 0 Å². The van der Waals surface area contributed by atoms with E-state index in [-0.39, 0.29) is 12.3 Å². The fourth-order valence-corrected chi connectivity index (χ4v) is 2.00. The summed E-state index contributed by atoms with van der Waals surface area (Å²) < 4.78 is 0. The second-order valence-corrected chi connectivity index (χ2v) is 6.05. The van der Waals surface area contributed by atoms with Crippen LogP contribution in [0.3, 0.4) is 0 Å². The highest BCUT2D eigenvalue weighted by molar-refractivity contribution is 6.35. The van der Waals surface area contributed by atoms with Gasteiger partial charge in [0.05, 0.1) is 11.8 Å². The van der Waals surface area contributed by atoms with Gasteiger partial charge in [0.2, 0.25) is 5.91 Å². The number of hydrogen-bond donors (Lipinski definition) is 2. The zero-order valence-electron chi connectivity index (χ0n) is 11.4. The number of amides is 1. The molecule has 20 heavy (non-hydrogen) atoms. The Morgan fingerprint density at radius 3 is 2.50 bits per heavy atom. The number of hydrogen-bond acceptors (Lipinski definition) is 2. The standard InChI is InChI=1S/C14H17Cl2NO3/c1-14(2,13(19)20)5-6-17-12(18)7-9-3-4-10(15)8-11(9)16/h3-4,8H,5-7H2,1-2H3,(H,17,18)(H,19,20). The minimum absolute atomic E-state index is 0.142. The maximum atomic E-state index is 11.8. The third kappa shape index (κ3) is 5.02. The van der Waals surface area contributed by atoms with Gasteiger partial charge in [0.15, 0.2) is 0 Å². The van der Waals surface area contributed by atoms with Crippen molar-refractivity contribution in [3.05, 3.63) is 33.8 Å². The number of nitrogens with one attached hydrogen (secondary N) is 1. The van der Waals surface area contributed by atoms with E-state index in [1.807, 2.05) is 0 Å². The van der Waals surface area contributed by atoms with Crippen LogP contribution in [-0.4, -0.2) is 23.5 Å². The van der Waals surface area contributed by atoms with Crippen molar-refractivity contribution in [3.8, 4) is 0 Å². The zero-order chi connectivity index (χ0) is 15.3. The van der Waals surface area contributed by atoms with Crippen molar-refractivity contribution in [1.29, 1.82) is 0 Å². The summed E-state index contributed by atoms with van der Waals surface area (Å²) in [6, 6.07) is 4.95. The molecule has 0 radical (unpaired) electrons. The molecule has 6 heteroatoms. The summed E-state index contributed by atoms with van der Waals surface area (Å²) in [5, 5.41) is 12.6. The van der Waals surface area contributed by atoms with Crippen LogP contribution in [0.15, 0.2) is 18.2 Å². The van der Waals surface area contributed by atoms with Crippen LogP contribution in [0.2, 0.25) is 10.0 Å². The Bertz CT molecular complexity index is 515. The van der Waals surface area contributed by atoms with Gasteiger partial charge in [-0.05, 0) is 38.0 Å². The summed E-state index contributed by atoms with van der Waals surface area (Å²) in [5.74, 6) is -1.08. The Labute approximate surface area is 128 Å². The van der Waals surface area contributed by atoms with E-state index in [1.165, 1.54) is 0 Å². The Morgan fingerprint density at radius 1 is 1.30 bits per heavy atom. The number of rotatable bonds is 6. The highest BCUT2D eigenvalue weighted by Crippen LogP contribution is 2.22. The predicted octanol–water partition coefficient (Wildman–Crippen LogP) is 3.15. The molecule has 0 saturated heterocycles. The van der Waals surface area contributed by atoms with E-state index in [9.17, 15) is 9.59 Å². The topological polar surface area (TPSA) is 66.4 Å². The molecule has 0 bridgehead atoms. The Balaban J connectivity index is 2.47. The molecule has 1 amide bonds. The number of benzene rings is 1. The molecule has 0 aromatic heterocycles. The molecule has 0 atom stereocenters. The van der Waals surface area contributed by atoms with Crippen LogP contribution in [-0.2, 0) is 16.0 Å². The van der Waals surface area contributed by atoms with Crippen LogP contribution in [0.4, 0.5) is 0 Å². The second-order valence-electron chi connectivity index (χ2n) is 5.20. The molecule has 110 valence electrons. The van der Waals surface area contributed by atoms with Crippen LogP contribution in [0, 0.1) is 5.41 Å². The summed E-state index contributed by atoms with van der Waals surface area (Å²) in [4.78, 5) is 22.7. The molecule has 0 fully saturated rings. The van der Waals surface area contributed by atoms with E-state index in [4.69, 9.17) is 28.3 Å². The molecular weight excluding hydrogens is 301 g/mol. The number of carbonyl (C=O) groups excluding carboxylic acids is 1. The first-order chi connectivity index (χ1) is 9.22. The van der Waals surface area contributed by atoms with Crippen molar-refractivity contribution in [2.45, 2.75) is 26.7 Å². The van der Waals surface area contributed by atoms with Gasteiger partial charge in [-0.2, -0.15) is 0 Å². The molecule has 0 aliphatic carbocycles. The van der Waals surface area contributed by atoms with Crippen LogP contribution < -0.4 is 5.32 Å². The molecule has 0 heterocycles. The lowest BCUT2D eigenvalue weighted by atomic mass is 9.90. The van der Waals surface area contributed by atoms with Crippen molar-refractivity contribution in [3.63, 3.8) is 0 Å². The number of halogens is 2. The van der Waals surface area contributed by atoms with Crippen LogP contribution in [0.5, 0.6) is 0 Å². The smallest absolute Gasteiger partial charge is 0.309 e. The first-order valence-corrected chi connectivity index (χ1v) is 6.92. The molecule has 4 nitrogen and oxygen atoms in total. The number of carboxylic acid groups (broad SMARTS) is 1. The Hall–Kier alpha value is -1.26. The van der Waals surface area contributed by atoms with E-state index >= 15 is 0 Å². The molecule has 1 aromatic carbocycles. The molecule has 0 spiro atoms. The molecule has 1 rings (SSSR count). The molecule has 0 unspecified atom stereocenters. The van der Waals surface area contributed by atoms with Gasteiger partial charge < -0.3 is 10.4 Å². The van der Waals surface area contributed by atoms with Gasteiger partial charge in [0, 0.05) is 16.6 Å². The summed E-state index contributed by atoms with van der Waals surface area (Å²) in [6.45, 7) is 3.55. The summed E-state index contributed by atoms with van der Waals surface area (Å²) >= 11 is 11.8. The minimum Gasteiger partial charge on any atom is -0.481 e. The highest BCUT2D eigenvalue weighted by atomic mass is 35.5. The number of carbonyl (C=O) groups is 2. The maximum Gasteiger partial charge on any atom is 0.309 e. The molecule has 0 aliphatic heterocycles. The lowest BCUT2D eigenvalue weighted by molar-refractivity contribution is -0.147. The van der Waals surface area contributed by atoms with Gasteiger partial charge in [-0.25, -0.2) is 0 Å². The van der Waals surface area contributed by atoms with E-state index in [2.05, 4.69) is 5.32 Å². The molecule has 0 aliphatic rings. The van der Waals surface area contributed by atoms with Crippen LogP contribution in [0.25, 0.3) is 0 Å². The van der Waals surface area contributed by atoms with Gasteiger partial charge in [-0.1, -0.05) is 29.3 Å². The van der Waals surface area contributed by atoms with Gasteiger partial charge in [0.1, 0.15) is 0 Å². The van der Waals surface area contributed by atoms with Crippen molar-refractivity contribution < 1.29 is 14.7 Å². The summed E-state index contributed by atoms with van der Waals surface area (Å²) in [5.41, 5.74) is -0.170. The number of carboxylic acids is 1. The largest absolute Gasteiger partial charge is 0.481 e. The van der Waals surface area contributed by atoms with Crippen LogP contribution >= 0.6 is 23.2 Å². The first kappa shape index (κ1) is 16.8. The quantitative estimate of drug-likeness (QED) is 0.847.